The average Bonchev–Trinajstić information content (AvgIpc) is 2.60. The summed E-state index contributed by atoms with van der Waals surface area (Å²) in [6.45, 7) is 6.13. The number of thioether (sulfide) groups is 1. The number of nitrogens with two attached hydrogens (primary N) is 1. The molecule has 0 bridgehead atoms. The molecule has 0 unspecified atom stereocenters. The van der Waals surface area contributed by atoms with E-state index in [-0.39, 0.29) is 10.7 Å². The third kappa shape index (κ3) is 4.25. The highest BCUT2D eigenvalue weighted by molar-refractivity contribution is 8.00. The van der Waals surface area contributed by atoms with Crippen molar-refractivity contribution in [1.82, 2.24) is 4.90 Å². The van der Waals surface area contributed by atoms with Gasteiger partial charge in [0, 0.05) is 23.6 Å². The Labute approximate surface area is 125 Å². The predicted octanol–water partition coefficient (Wildman–Crippen LogP) is 2.30. The number of carbonyl (C=O) groups is 1. The first-order valence-corrected chi connectivity index (χ1v) is 8.19. The third-order valence-electron chi connectivity index (χ3n) is 3.77. The van der Waals surface area contributed by atoms with Crippen molar-refractivity contribution in [2.75, 3.05) is 18.8 Å². The zero-order valence-electron chi connectivity index (χ0n) is 12.3. The summed E-state index contributed by atoms with van der Waals surface area (Å²) in [7, 11) is 0. The quantitative estimate of drug-likeness (QED) is 0.930. The second-order valence-electron chi connectivity index (χ2n) is 5.98. The van der Waals surface area contributed by atoms with Crippen molar-refractivity contribution in [3.8, 4) is 0 Å². The van der Waals surface area contributed by atoms with Gasteiger partial charge < -0.3 is 10.6 Å². The van der Waals surface area contributed by atoms with Crippen molar-refractivity contribution < 1.29 is 4.79 Å². The molecule has 0 radical (unpaired) electrons. The Kier molecular flexibility index (Phi) is 5.11. The van der Waals surface area contributed by atoms with Crippen LogP contribution in [0, 0.1) is 0 Å². The average molecular weight is 292 g/mol. The first-order chi connectivity index (χ1) is 9.48. The van der Waals surface area contributed by atoms with Crippen LogP contribution in [0.1, 0.15) is 25.8 Å². The van der Waals surface area contributed by atoms with E-state index in [2.05, 4.69) is 13.8 Å². The third-order valence-corrected chi connectivity index (χ3v) is 5.14. The summed E-state index contributed by atoms with van der Waals surface area (Å²) in [5, 5.41) is 0. The number of hydrogen-bond acceptors (Lipinski definition) is 3. The molecule has 0 aromatic heterocycles. The second kappa shape index (κ2) is 6.64. The molecule has 1 aromatic rings. The molecular weight excluding hydrogens is 268 g/mol. The van der Waals surface area contributed by atoms with Gasteiger partial charge in [0.05, 0.1) is 6.04 Å². The molecule has 1 atom stereocenters. The van der Waals surface area contributed by atoms with Gasteiger partial charge in [0.2, 0.25) is 5.91 Å². The second-order valence-corrected chi connectivity index (χ2v) is 7.78. The van der Waals surface area contributed by atoms with Crippen molar-refractivity contribution >= 4 is 17.7 Å². The van der Waals surface area contributed by atoms with Crippen LogP contribution in [0.25, 0.3) is 0 Å². The van der Waals surface area contributed by atoms with Gasteiger partial charge in [0.25, 0.3) is 0 Å². The fourth-order valence-electron chi connectivity index (χ4n) is 2.43. The van der Waals surface area contributed by atoms with Crippen LogP contribution >= 0.6 is 11.8 Å². The van der Waals surface area contributed by atoms with Gasteiger partial charge in [-0.3, -0.25) is 4.79 Å². The molecule has 2 N–H and O–H groups in total. The number of amides is 1. The van der Waals surface area contributed by atoms with Gasteiger partial charge in [-0.05, 0) is 18.4 Å². The zero-order valence-corrected chi connectivity index (χ0v) is 13.2. The minimum absolute atomic E-state index is 0.0900. The summed E-state index contributed by atoms with van der Waals surface area (Å²) in [6, 6.07) is 9.56. The normalized spacial score (nSPS) is 20.2. The molecule has 0 saturated carbocycles. The van der Waals surface area contributed by atoms with Crippen molar-refractivity contribution in [3.05, 3.63) is 35.9 Å². The standard InChI is InChI=1S/C16H24N2OS/c1-16(2)8-9-18(10-11-20-16)15(19)14(17)12-13-6-4-3-5-7-13/h3-7,14H,8-12,17H2,1-2H3/t14-/m0/s1. The van der Waals surface area contributed by atoms with Gasteiger partial charge in [-0.1, -0.05) is 44.2 Å². The van der Waals surface area contributed by atoms with Crippen LogP contribution in [-0.2, 0) is 11.2 Å². The monoisotopic (exact) mass is 292 g/mol. The van der Waals surface area contributed by atoms with E-state index in [9.17, 15) is 4.79 Å². The number of hydrogen-bond donors (Lipinski definition) is 1. The van der Waals surface area contributed by atoms with Crippen molar-refractivity contribution in [2.45, 2.75) is 37.5 Å². The summed E-state index contributed by atoms with van der Waals surface area (Å²) in [4.78, 5) is 14.4. The maximum atomic E-state index is 12.5. The number of nitrogens with zero attached hydrogens (tertiary/aromatic N) is 1. The Morgan fingerprint density at radius 1 is 1.35 bits per heavy atom. The molecule has 1 amide bonds. The number of rotatable bonds is 3. The smallest absolute Gasteiger partial charge is 0.239 e. The zero-order chi connectivity index (χ0) is 14.6. The minimum Gasteiger partial charge on any atom is -0.340 e. The van der Waals surface area contributed by atoms with E-state index in [0.29, 0.717) is 6.42 Å². The fourth-order valence-corrected chi connectivity index (χ4v) is 3.53. The van der Waals surface area contributed by atoms with Gasteiger partial charge >= 0.3 is 0 Å². The molecule has 1 aliphatic heterocycles. The maximum Gasteiger partial charge on any atom is 0.239 e. The Balaban J connectivity index is 1.93. The Morgan fingerprint density at radius 2 is 2.05 bits per heavy atom. The lowest BCUT2D eigenvalue weighted by Gasteiger charge is -2.25. The summed E-state index contributed by atoms with van der Waals surface area (Å²) >= 11 is 1.94. The van der Waals surface area contributed by atoms with Crippen LogP contribution < -0.4 is 5.73 Å². The molecule has 110 valence electrons. The fraction of sp³-hybridized carbons (Fsp3) is 0.562. The summed E-state index contributed by atoms with van der Waals surface area (Å²) < 4.78 is 0.262. The van der Waals surface area contributed by atoms with Crippen LogP contribution in [-0.4, -0.2) is 40.4 Å². The predicted molar refractivity (Wildman–Crippen MR) is 85.9 cm³/mol. The number of benzene rings is 1. The van der Waals surface area contributed by atoms with Crippen LogP contribution in [0.15, 0.2) is 30.3 Å². The van der Waals surface area contributed by atoms with E-state index in [4.69, 9.17) is 5.73 Å². The first-order valence-electron chi connectivity index (χ1n) is 7.20. The molecule has 2 rings (SSSR count). The lowest BCUT2D eigenvalue weighted by molar-refractivity contribution is -0.132. The van der Waals surface area contributed by atoms with Crippen LogP contribution in [0.4, 0.5) is 0 Å². The van der Waals surface area contributed by atoms with E-state index in [1.165, 1.54) is 0 Å². The molecule has 1 heterocycles. The molecule has 1 saturated heterocycles. The molecule has 1 fully saturated rings. The van der Waals surface area contributed by atoms with Gasteiger partial charge in [-0.2, -0.15) is 11.8 Å². The molecule has 3 nitrogen and oxygen atoms in total. The van der Waals surface area contributed by atoms with Gasteiger partial charge in [0.1, 0.15) is 0 Å². The summed E-state index contributed by atoms with van der Waals surface area (Å²) in [6.07, 6.45) is 1.65. The van der Waals surface area contributed by atoms with E-state index >= 15 is 0 Å². The summed E-state index contributed by atoms with van der Waals surface area (Å²) in [5.41, 5.74) is 7.22. The van der Waals surface area contributed by atoms with Crippen molar-refractivity contribution in [3.63, 3.8) is 0 Å². The maximum absolute atomic E-state index is 12.5. The van der Waals surface area contributed by atoms with Crippen molar-refractivity contribution in [2.24, 2.45) is 5.73 Å². The SMILES string of the molecule is CC1(C)CCN(C(=O)[C@@H](N)Cc2ccccc2)CCS1. The Hall–Kier alpha value is -1.00. The lowest BCUT2D eigenvalue weighted by Crippen LogP contribution is -2.46. The molecule has 0 spiro atoms. The Bertz CT molecular complexity index is 447. The topological polar surface area (TPSA) is 46.3 Å². The highest BCUT2D eigenvalue weighted by Crippen LogP contribution is 2.30. The summed E-state index contributed by atoms with van der Waals surface area (Å²) in [5.74, 6) is 1.09. The van der Waals surface area contributed by atoms with Gasteiger partial charge in [0.15, 0.2) is 0 Å². The highest BCUT2D eigenvalue weighted by atomic mass is 32.2. The van der Waals surface area contributed by atoms with Crippen LogP contribution in [0.2, 0.25) is 0 Å². The van der Waals surface area contributed by atoms with Gasteiger partial charge in [-0.25, -0.2) is 0 Å². The lowest BCUT2D eigenvalue weighted by atomic mass is 10.0. The van der Waals surface area contributed by atoms with Gasteiger partial charge in [-0.15, -0.1) is 0 Å². The molecule has 1 aromatic carbocycles. The van der Waals surface area contributed by atoms with E-state index in [1.54, 1.807) is 0 Å². The first kappa shape index (κ1) is 15.4. The van der Waals surface area contributed by atoms with E-state index in [1.807, 2.05) is 47.0 Å². The molecular formula is C16H24N2OS. The minimum atomic E-state index is -0.427. The van der Waals surface area contributed by atoms with Crippen LogP contribution in [0.5, 0.6) is 0 Å². The largest absolute Gasteiger partial charge is 0.340 e. The van der Waals surface area contributed by atoms with E-state index < -0.39 is 6.04 Å². The number of carbonyl (C=O) groups excluding carboxylic acids is 1. The highest BCUT2D eigenvalue weighted by Gasteiger charge is 2.28. The molecule has 20 heavy (non-hydrogen) atoms. The molecule has 1 aliphatic rings. The molecule has 4 heteroatoms. The van der Waals surface area contributed by atoms with Crippen LogP contribution in [0.3, 0.4) is 0 Å². The van der Waals surface area contributed by atoms with E-state index in [0.717, 1.165) is 30.8 Å². The molecule has 0 aliphatic carbocycles. The van der Waals surface area contributed by atoms with Crippen molar-refractivity contribution in [1.29, 1.82) is 0 Å². The Morgan fingerprint density at radius 3 is 2.75 bits per heavy atom.